The van der Waals surface area contributed by atoms with Crippen LogP contribution in [-0.4, -0.2) is 32.1 Å². The van der Waals surface area contributed by atoms with Gasteiger partial charge in [0, 0.05) is 18.7 Å². The van der Waals surface area contributed by atoms with Crippen LogP contribution in [0.1, 0.15) is 23.5 Å². The van der Waals surface area contributed by atoms with E-state index in [0.717, 1.165) is 17.8 Å². The quantitative estimate of drug-likeness (QED) is 0.732. The zero-order valence-corrected chi connectivity index (χ0v) is 16.4. The Balaban J connectivity index is 1.73. The van der Waals surface area contributed by atoms with Crippen LogP contribution in [0.4, 0.5) is 17.6 Å². The highest BCUT2D eigenvalue weighted by Gasteiger charge is 2.41. The third-order valence-corrected chi connectivity index (χ3v) is 6.41. The molecule has 2 unspecified atom stereocenters. The van der Waals surface area contributed by atoms with Crippen LogP contribution in [0.3, 0.4) is 0 Å². The SMILES string of the molecule is NS(=O)(=O)c1ccc(C2=CC(C(F)(F)F)=CN3CC(c4cccc(F)c4)CC23)cc1. The number of nitrogens with zero attached hydrogens (tertiary/aromatic N) is 1. The van der Waals surface area contributed by atoms with Gasteiger partial charge >= 0.3 is 6.18 Å². The summed E-state index contributed by atoms with van der Waals surface area (Å²) in [6.07, 6.45) is -1.82. The maximum absolute atomic E-state index is 13.6. The predicted octanol–water partition coefficient (Wildman–Crippen LogP) is 4.17. The Kier molecular flexibility index (Phi) is 4.98. The maximum atomic E-state index is 13.6. The number of halogens is 4. The van der Waals surface area contributed by atoms with Gasteiger partial charge < -0.3 is 4.90 Å². The van der Waals surface area contributed by atoms with E-state index in [1.165, 1.54) is 36.4 Å². The summed E-state index contributed by atoms with van der Waals surface area (Å²) in [6, 6.07) is 11.2. The summed E-state index contributed by atoms with van der Waals surface area (Å²) in [5.41, 5.74) is 0.858. The molecule has 2 aliphatic rings. The highest BCUT2D eigenvalue weighted by molar-refractivity contribution is 7.89. The van der Waals surface area contributed by atoms with E-state index >= 15 is 0 Å². The Morgan fingerprint density at radius 2 is 1.77 bits per heavy atom. The van der Waals surface area contributed by atoms with Crippen molar-refractivity contribution < 1.29 is 26.0 Å². The molecule has 2 heterocycles. The molecule has 0 spiro atoms. The number of hydrogen-bond donors (Lipinski definition) is 1. The molecule has 0 amide bonds. The maximum Gasteiger partial charge on any atom is 0.417 e. The molecule has 2 aromatic rings. The standard InChI is InChI=1S/C21H18F4N2O2S/c22-17-3-1-2-14(8-17)15-9-20-19(10-16(21(23,24)25)12-27(20)11-15)13-4-6-18(7-5-13)30(26,28)29/h1-8,10,12,15,20H,9,11H2,(H2,26,28,29). The molecule has 2 aromatic carbocycles. The molecule has 4 nitrogen and oxygen atoms in total. The van der Waals surface area contributed by atoms with Crippen molar-refractivity contribution in [3.63, 3.8) is 0 Å². The highest BCUT2D eigenvalue weighted by Crippen LogP contribution is 2.44. The van der Waals surface area contributed by atoms with Crippen molar-refractivity contribution in [1.29, 1.82) is 0 Å². The monoisotopic (exact) mass is 438 g/mol. The van der Waals surface area contributed by atoms with E-state index in [-0.39, 0.29) is 16.9 Å². The van der Waals surface area contributed by atoms with E-state index in [1.54, 1.807) is 17.0 Å². The fraction of sp³-hybridized carbons (Fsp3) is 0.238. The molecule has 0 saturated carbocycles. The molecular weight excluding hydrogens is 420 g/mol. The fourth-order valence-electron chi connectivity index (χ4n) is 4.06. The van der Waals surface area contributed by atoms with Gasteiger partial charge in [0.1, 0.15) is 5.82 Å². The first-order chi connectivity index (χ1) is 14.0. The van der Waals surface area contributed by atoms with Crippen molar-refractivity contribution in [2.24, 2.45) is 5.14 Å². The number of sulfonamides is 1. The molecular formula is C21H18F4N2O2S. The van der Waals surface area contributed by atoms with Gasteiger partial charge in [-0.3, -0.25) is 0 Å². The average molecular weight is 438 g/mol. The molecule has 0 aromatic heterocycles. The minimum Gasteiger partial charge on any atom is -0.369 e. The average Bonchev–Trinajstić information content (AvgIpc) is 3.10. The molecule has 4 rings (SSSR count). The lowest BCUT2D eigenvalue weighted by molar-refractivity contribution is -0.0895. The van der Waals surface area contributed by atoms with Crippen molar-refractivity contribution in [2.75, 3.05) is 6.54 Å². The van der Waals surface area contributed by atoms with Crippen LogP contribution in [0.2, 0.25) is 0 Å². The predicted molar refractivity (Wildman–Crippen MR) is 104 cm³/mol. The van der Waals surface area contributed by atoms with Crippen molar-refractivity contribution >= 4 is 15.6 Å². The lowest BCUT2D eigenvalue weighted by Crippen LogP contribution is -2.31. The number of fused-ring (bicyclic) bond motifs is 1. The Hall–Kier alpha value is -2.65. The highest BCUT2D eigenvalue weighted by atomic mass is 32.2. The number of hydrogen-bond acceptors (Lipinski definition) is 3. The molecule has 9 heteroatoms. The fourth-order valence-corrected chi connectivity index (χ4v) is 4.57. The molecule has 2 aliphatic heterocycles. The molecule has 1 fully saturated rings. The third kappa shape index (κ3) is 3.99. The largest absolute Gasteiger partial charge is 0.417 e. The number of nitrogens with two attached hydrogens (primary N) is 1. The van der Waals surface area contributed by atoms with Gasteiger partial charge in [-0.15, -0.1) is 0 Å². The second kappa shape index (κ2) is 7.24. The van der Waals surface area contributed by atoms with Crippen molar-refractivity contribution in [3.8, 4) is 0 Å². The van der Waals surface area contributed by atoms with Crippen molar-refractivity contribution in [3.05, 3.63) is 83.3 Å². The topological polar surface area (TPSA) is 63.4 Å². The zero-order valence-electron chi connectivity index (χ0n) is 15.6. The number of allylic oxidation sites excluding steroid dienone is 2. The second-order valence-corrected chi connectivity index (χ2v) is 9.01. The summed E-state index contributed by atoms with van der Waals surface area (Å²) in [5.74, 6) is -0.528. The van der Waals surface area contributed by atoms with E-state index in [9.17, 15) is 26.0 Å². The number of alkyl halides is 3. The molecule has 2 N–H and O–H groups in total. The first-order valence-electron chi connectivity index (χ1n) is 9.17. The van der Waals surface area contributed by atoms with E-state index < -0.39 is 27.6 Å². The Bertz CT molecular complexity index is 1140. The van der Waals surface area contributed by atoms with Crippen molar-refractivity contribution in [1.82, 2.24) is 4.90 Å². The van der Waals surface area contributed by atoms with Gasteiger partial charge in [-0.05, 0) is 53.5 Å². The summed E-state index contributed by atoms with van der Waals surface area (Å²) in [5, 5.41) is 5.11. The van der Waals surface area contributed by atoms with Gasteiger partial charge in [-0.25, -0.2) is 17.9 Å². The summed E-state index contributed by atoms with van der Waals surface area (Å²) in [7, 11) is -3.91. The normalized spacial score (nSPS) is 21.8. The number of primary sulfonamides is 1. The first kappa shape index (κ1) is 20.6. The van der Waals surface area contributed by atoms with Gasteiger partial charge in [-0.2, -0.15) is 13.2 Å². The molecule has 0 bridgehead atoms. The van der Waals surface area contributed by atoms with E-state index in [1.807, 2.05) is 0 Å². The van der Waals surface area contributed by atoms with Crippen LogP contribution >= 0.6 is 0 Å². The van der Waals surface area contributed by atoms with E-state index in [0.29, 0.717) is 24.1 Å². The first-order valence-corrected chi connectivity index (χ1v) is 10.7. The minimum atomic E-state index is -4.53. The third-order valence-electron chi connectivity index (χ3n) is 5.48. The van der Waals surface area contributed by atoms with Crippen LogP contribution in [0, 0.1) is 5.82 Å². The molecule has 1 saturated heterocycles. The Morgan fingerprint density at radius 1 is 1.07 bits per heavy atom. The van der Waals surface area contributed by atoms with Crippen LogP contribution < -0.4 is 5.14 Å². The second-order valence-electron chi connectivity index (χ2n) is 7.45. The van der Waals surface area contributed by atoms with Gasteiger partial charge in [-0.1, -0.05) is 24.3 Å². The number of rotatable bonds is 3. The molecule has 158 valence electrons. The Morgan fingerprint density at radius 3 is 2.37 bits per heavy atom. The van der Waals surface area contributed by atoms with Gasteiger partial charge in [0.25, 0.3) is 0 Å². The van der Waals surface area contributed by atoms with Crippen LogP contribution in [0.5, 0.6) is 0 Å². The van der Waals surface area contributed by atoms with Crippen LogP contribution in [0.25, 0.3) is 5.57 Å². The van der Waals surface area contributed by atoms with Crippen LogP contribution in [-0.2, 0) is 10.0 Å². The lowest BCUT2D eigenvalue weighted by Gasteiger charge is -2.31. The molecule has 30 heavy (non-hydrogen) atoms. The zero-order chi connectivity index (χ0) is 21.7. The Labute approximate surface area is 171 Å². The molecule has 0 radical (unpaired) electrons. The van der Waals surface area contributed by atoms with Crippen molar-refractivity contribution in [2.45, 2.75) is 29.5 Å². The summed E-state index contributed by atoms with van der Waals surface area (Å²) in [6.45, 7) is 0.320. The van der Waals surface area contributed by atoms with E-state index in [4.69, 9.17) is 5.14 Å². The minimum absolute atomic E-state index is 0.116. The summed E-state index contributed by atoms with van der Waals surface area (Å²) in [4.78, 5) is 1.51. The van der Waals surface area contributed by atoms with Crippen LogP contribution in [0.15, 0.2) is 71.3 Å². The van der Waals surface area contributed by atoms with E-state index in [2.05, 4.69) is 0 Å². The van der Waals surface area contributed by atoms with Gasteiger partial charge in [0.15, 0.2) is 0 Å². The molecule has 0 aliphatic carbocycles. The van der Waals surface area contributed by atoms with Gasteiger partial charge in [0.05, 0.1) is 16.5 Å². The number of benzene rings is 2. The molecule has 2 atom stereocenters. The smallest absolute Gasteiger partial charge is 0.369 e. The lowest BCUT2D eigenvalue weighted by atomic mass is 9.89. The van der Waals surface area contributed by atoms with Gasteiger partial charge in [0.2, 0.25) is 10.0 Å². The summed E-state index contributed by atoms with van der Waals surface area (Å²) >= 11 is 0. The summed E-state index contributed by atoms with van der Waals surface area (Å²) < 4.78 is 77.1.